The molecular weight excluding hydrogens is 456 g/mol. The summed E-state index contributed by atoms with van der Waals surface area (Å²) in [4.78, 5) is 23.4. The Morgan fingerprint density at radius 1 is 1.22 bits per heavy atom. The van der Waals surface area contributed by atoms with Crippen LogP contribution in [0.4, 0.5) is 5.82 Å². The van der Waals surface area contributed by atoms with Crippen LogP contribution < -0.4 is 15.0 Å². The first-order valence-corrected chi connectivity index (χ1v) is 12.2. The van der Waals surface area contributed by atoms with Crippen LogP contribution in [-0.2, 0) is 17.6 Å². The standard InChI is InChI=1S/C27H28N6O3/c1-28-27(35)26(34)17-13-33(14-17)22-10-9-16(12-29-22)23-25-20(31-32-23)11-21(36-2)24(30-25)19-8-4-6-15-5-3-7-18(15)19/h4,6,8-12,17,26,34H,3,5,7,13-14H2,1-2H3,(H,28,35)(H,31,32). The summed E-state index contributed by atoms with van der Waals surface area (Å²) in [5.74, 6) is 1.07. The largest absolute Gasteiger partial charge is 0.494 e. The number of H-pyrrole nitrogens is 1. The van der Waals surface area contributed by atoms with E-state index >= 15 is 0 Å². The third kappa shape index (κ3) is 3.67. The SMILES string of the molecule is CNC(=O)C(O)C1CN(c2ccc(-c3n[nH]c4cc(OC)c(-c5cccc6c5CCC6)nc34)cn2)C1. The number of carbonyl (C=O) groups is 1. The maximum Gasteiger partial charge on any atom is 0.249 e. The van der Waals surface area contributed by atoms with Gasteiger partial charge >= 0.3 is 0 Å². The van der Waals surface area contributed by atoms with Crippen molar-refractivity contribution in [3.63, 3.8) is 0 Å². The van der Waals surface area contributed by atoms with Crippen molar-refractivity contribution < 1.29 is 14.6 Å². The summed E-state index contributed by atoms with van der Waals surface area (Å²) in [6.07, 6.45) is 4.11. The molecule has 6 rings (SSSR count). The van der Waals surface area contributed by atoms with Crippen LogP contribution in [0, 0.1) is 5.92 Å². The predicted octanol–water partition coefficient (Wildman–Crippen LogP) is 2.73. The van der Waals surface area contributed by atoms with Gasteiger partial charge in [0.15, 0.2) is 0 Å². The molecule has 1 aliphatic heterocycles. The molecule has 4 aromatic rings. The van der Waals surface area contributed by atoms with Crippen LogP contribution in [0.15, 0.2) is 42.6 Å². The van der Waals surface area contributed by atoms with Crippen LogP contribution in [0.1, 0.15) is 17.5 Å². The van der Waals surface area contributed by atoms with Crippen LogP contribution in [0.25, 0.3) is 33.5 Å². The normalized spacial score (nSPS) is 16.0. The number of benzene rings is 1. The fraction of sp³-hybridized carbons (Fsp3) is 0.333. The van der Waals surface area contributed by atoms with Crippen molar-refractivity contribution in [2.24, 2.45) is 5.92 Å². The number of nitrogens with zero attached hydrogens (tertiary/aromatic N) is 4. The zero-order valence-corrected chi connectivity index (χ0v) is 20.3. The molecular formula is C27H28N6O3. The van der Waals surface area contributed by atoms with Gasteiger partial charge in [-0.25, -0.2) is 9.97 Å². The number of hydrogen-bond acceptors (Lipinski definition) is 7. The average Bonchev–Trinajstić information content (AvgIpc) is 3.53. The lowest BCUT2D eigenvalue weighted by Crippen LogP contribution is -2.55. The van der Waals surface area contributed by atoms with E-state index in [0.717, 1.165) is 64.4 Å². The molecule has 3 N–H and O–H groups in total. The van der Waals surface area contributed by atoms with Gasteiger partial charge in [-0.1, -0.05) is 18.2 Å². The summed E-state index contributed by atoms with van der Waals surface area (Å²) in [6.45, 7) is 1.16. The van der Waals surface area contributed by atoms with Crippen LogP contribution in [0.5, 0.6) is 5.75 Å². The van der Waals surface area contributed by atoms with E-state index in [1.807, 2.05) is 23.1 Å². The predicted molar refractivity (Wildman–Crippen MR) is 137 cm³/mol. The van der Waals surface area contributed by atoms with Gasteiger partial charge in [-0.2, -0.15) is 5.10 Å². The number of likely N-dealkylation sites (N-methyl/N-ethyl adjacent to an activating group) is 1. The number of carbonyl (C=O) groups excluding carboxylic acids is 1. The molecule has 1 saturated heterocycles. The monoisotopic (exact) mass is 484 g/mol. The third-order valence-electron chi connectivity index (χ3n) is 7.34. The summed E-state index contributed by atoms with van der Waals surface area (Å²) >= 11 is 0. The van der Waals surface area contributed by atoms with Crippen molar-refractivity contribution in [1.29, 1.82) is 0 Å². The van der Waals surface area contributed by atoms with Crippen LogP contribution >= 0.6 is 0 Å². The second-order valence-corrected chi connectivity index (χ2v) is 9.43. The van der Waals surface area contributed by atoms with E-state index in [9.17, 15) is 9.90 Å². The van der Waals surface area contributed by atoms with Gasteiger partial charge in [0.25, 0.3) is 0 Å². The first-order chi connectivity index (χ1) is 17.6. The molecule has 1 aromatic carbocycles. The number of aromatic nitrogens is 4. The van der Waals surface area contributed by atoms with E-state index in [1.54, 1.807) is 13.3 Å². The Morgan fingerprint density at radius 3 is 2.83 bits per heavy atom. The zero-order valence-electron chi connectivity index (χ0n) is 20.3. The van der Waals surface area contributed by atoms with Crippen molar-refractivity contribution in [2.45, 2.75) is 25.4 Å². The van der Waals surface area contributed by atoms with E-state index in [1.165, 1.54) is 18.2 Å². The summed E-state index contributed by atoms with van der Waals surface area (Å²) in [5.41, 5.74) is 7.86. The number of aromatic amines is 1. The highest BCUT2D eigenvalue weighted by Crippen LogP contribution is 2.39. The van der Waals surface area contributed by atoms with Crippen molar-refractivity contribution in [3.05, 3.63) is 53.7 Å². The summed E-state index contributed by atoms with van der Waals surface area (Å²) in [5, 5.41) is 20.2. The molecule has 3 aromatic heterocycles. The molecule has 36 heavy (non-hydrogen) atoms. The topological polar surface area (TPSA) is 116 Å². The van der Waals surface area contributed by atoms with Gasteiger partial charge in [0.2, 0.25) is 5.91 Å². The van der Waals surface area contributed by atoms with Gasteiger partial charge in [0.1, 0.15) is 34.6 Å². The number of methoxy groups -OCH3 is 1. The number of fused-ring (bicyclic) bond motifs is 2. The summed E-state index contributed by atoms with van der Waals surface area (Å²) in [7, 11) is 3.20. The highest BCUT2D eigenvalue weighted by atomic mass is 16.5. The van der Waals surface area contributed by atoms with Gasteiger partial charge in [-0.3, -0.25) is 9.89 Å². The van der Waals surface area contributed by atoms with Crippen molar-refractivity contribution in [2.75, 3.05) is 32.1 Å². The van der Waals surface area contributed by atoms with E-state index in [2.05, 4.69) is 38.7 Å². The number of nitrogens with one attached hydrogen (secondary N) is 2. The highest BCUT2D eigenvalue weighted by molar-refractivity contribution is 5.93. The summed E-state index contributed by atoms with van der Waals surface area (Å²) in [6, 6.07) is 12.3. The highest BCUT2D eigenvalue weighted by Gasteiger charge is 2.36. The molecule has 1 aliphatic carbocycles. The van der Waals surface area contributed by atoms with Gasteiger partial charge in [0, 0.05) is 49.4 Å². The number of aliphatic hydroxyl groups excluding tert-OH is 1. The lowest BCUT2D eigenvalue weighted by Gasteiger charge is -2.41. The number of hydrogen-bond donors (Lipinski definition) is 3. The van der Waals surface area contributed by atoms with E-state index < -0.39 is 6.10 Å². The number of anilines is 1. The van der Waals surface area contributed by atoms with Gasteiger partial charge in [-0.05, 0) is 42.5 Å². The van der Waals surface area contributed by atoms with E-state index in [-0.39, 0.29) is 11.8 Å². The van der Waals surface area contributed by atoms with Crippen molar-refractivity contribution >= 4 is 22.8 Å². The molecule has 0 radical (unpaired) electrons. The molecule has 2 aliphatic rings. The lowest BCUT2D eigenvalue weighted by atomic mass is 9.93. The Balaban J connectivity index is 1.30. The molecule has 184 valence electrons. The zero-order chi connectivity index (χ0) is 24.8. The Hall–Kier alpha value is -3.98. The quantitative estimate of drug-likeness (QED) is 0.385. The Kier molecular flexibility index (Phi) is 5.56. The molecule has 1 atom stereocenters. The molecule has 0 spiro atoms. The van der Waals surface area contributed by atoms with Gasteiger partial charge in [0.05, 0.1) is 12.6 Å². The van der Waals surface area contributed by atoms with Crippen molar-refractivity contribution in [1.82, 2.24) is 25.5 Å². The number of aliphatic hydroxyl groups is 1. The van der Waals surface area contributed by atoms with E-state index in [0.29, 0.717) is 13.1 Å². The molecule has 4 heterocycles. The number of amides is 1. The van der Waals surface area contributed by atoms with Crippen molar-refractivity contribution in [3.8, 4) is 28.3 Å². The Labute approximate surface area is 208 Å². The molecule has 1 unspecified atom stereocenters. The lowest BCUT2D eigenvalue weighted by molar-refractivity contribution is -0.132. The molecule has 0 saturated carbocycles. The first kappa shape index (κ1) is 22.5. The minimum Gasteiger partial charge on any atom is -0.494 e. The first-order valence-electron chi connectivity index (χ1n) is 12.2. The maximum atomic E-state index is 11.7. The molecule has 0 bridgehead atoms. The number of rotatable bonds is 6. The third-order valence-corrected chi connectivity index (χ3v) is 7.34. The molecule has 9 nitrogen and oxygen atoms in total. The number of ether oxygens (including phenoxy) is 1. The van der Waals surface area contributed by atoms with Gasteiger partial charge in [-0.15, -0.1) is 0 Å². The van der Waals surface area contributed by atoms with Gasteiger partial charge < -0.3 is 20.1 Å². The van der Waals surface area contributed by atoms with E-state index in [4.69, 9.17) is 9.72 Å². The second kappa shape index (κ2) is 8.91. The van der Waals surface area contributed by atoms with Crippen LogP contribution in [0.3, 0.4) is 0 Å². The fourth-order valence-corrected chi connectivity index (χ4v) is 5.30. The minimum atomic E-state index is -0.996. The smallest absolute Gasteiger partial charge is 0.249 e. The Morgan fingerprint density at radius 2 is 2.08 bits per heavy atom. The molecule has 9 heteroatoms. The van der Waals surface area contributed by atoms with Crippen LogP contribution in [0.2, 0.25) is 0 Å². The Bertz CT molecular complexity index is 1440. The summed E-state index contributed by atoms with van der Waals surface area (Å²) < 4.78 is 5.72. The average molecular weight is 485 g/mol. The number of pyridine rings is 2. The number of aryl methyl sites for hydroxylation is 1. The maximum absolute atomic E-state index is 11.7. The van der Waals surface area contributed by atoms with Crippen LogP contribution in [-0.4, -0.2) is 64.5 Å². The second-order valence-electron chi connectivity index (χ2n) is 9.43. The molecule has 1 fully saturated rings. The molecule has 1 amide bonds. The fourth-order valence-electron chi connectivity index (χ4n) is 5.30. The minimum absolute atomic E-state index is 0.0984.